The molecule has 3 nitrogen and oxygen atoms in total. The van der Waals surface area contributed by atoms with E-state index in [1.807, 2.05) is 12.1 Å². The maximum Gasteiger partial charge on any atom is 0.178 e. The van der Waals surface area contributed by atoms with Crippen LogP contribution in [0.1, 0.15) is 34.2 Å². The lowest BCUT2D eigenvalue weighted by molar-refractivity contribution is 0.361. The van der Waals surface area contributed by atoms with Gasteiger partial charge in [-0.2, -0.15) is 0 Å². The molecule has 0 spiro atoms. The second kappa shape index (κ2) is 15.0. The molecule has 0 saturated carbocycles. The SMILES string of the molecule is C1=CCC(C2(c3ccccc3)c3ccccc3-c3ccc(-c4ccc(N(c5cccc(-c6ccccc6)c5)c5ccc6c(c5)Oc5c(ccc7c5-c5ccccc5C7)O6)cc4)cc32)C=C1. The highest BCUT2D eigenvalue weighted by Crippen LogP contribution is 2.59. The summed E-state index contributed by atoms with van der Waals surface area (Å²) in [6.45, 7) is 0. The lowest BCUT2D eigenvalue weighted by atomic mass is 9.62. The summed E-state index contributed by atoms with van der Waals surface area (Å²) in [5.74, 6) is 3.19. The van der Waals surface area contributed by atoms with Gasteiger partial charge in [0.25, 0.3) is 0 Å². The van der Waals surface area contributed by atoms with Crippen LogP contribution in [0.25, 0.3) is 44.5 Å². The van der Waals surface area contributed by atoms with Crippen LogP contribution >= 0.6 is 0 Å². The molecule has 0 amide bonds. The molecule has 13 rings (SSSR count). The molecule has 65 heavy (non-hydrogen) atoms. The molecule has 1 aliphatic heterocycles. The van der Waals surface area contributed by atoms with Crippen LogP contribution in [0.3, 0.4) is 0 Å². The number of ether oxygens (including phenoxy) is 2. The number of hydrogen-bond acceptors (Lipinski definition) is 3. The molecule has 0 radical (unpaired) electrons. The Hall–Kier alpha value is -8.14. The van der Waals surface area contributed by atoms with E-state index in [1.54, 1.807) is 0 Å². The van der Waals surface area contributed by atoms with Crippen molar-refractivity contribution in [3.8, 4) is 67.5 Å². The monoisotopic (exact) mass is 833 g/mol. The molecule has 3 heteroatoms. The van der Waals surface area contributed by atoms with Gasteiger partial charge in [0.2, 0.25) is 0 Å². The highest BCUT2D eigenvalue weighted by Gasteiger charge is 2.49. The molecule has 0 saturated heterocycles. The number of hydrogen-bond donors (Lipinski definition) is 0. The van der Waals surface area contributed by atoms with E-state index in [0.29, 0.717) is 11.5 Å². The van der Waals surface area contributed by atoms with Crippen molar-refractivity contribution in [3.63, 3.8) is 0 Å². The summed E-state index contributed by atoms with van der Waals surface area (Å²) in [5.41, 5.74) is 19.0. The quantitative estimate of drug-likeness (QED) is 0.160. The standard InChI is InChI=1S/C62H43NO2/c1-4-15-41(16-5-1)43-18-14-23-50(38-43)63(51-33-36-57-59(40-51)65-61-58(64-57)35-30-46-37-45-17-10-11-24-52(45)60(46)61)49-31-27-42(28-32-49)44-29-34-54-53-25-12-13-26-55(53)62(56(54)39-44,47-19-6-2-7-20-47)48-21-8-3-9-22-48/h1-21,23-36,38-40,48H,22,37H2. The van der Waals surface area contributed by atoms with Crippen molar-refractivity contribution < 1.29 is 9.47 Å². The first-order valence-corrected chi connectivity index (χ1v) is 22.6. The molecule has 3 aliphatic carbocycles. The molecule has 308 valence electrons. The van der Waals surface area contributed by atoms with Crippen LogP contribution in [0.4, 0.5) is 17.1 Å². The molecule has 2 atom stereocenters. The molecule has 1 heterocycles. The zero-order valence-corrected chi connectivity index (χ0v) is 35.7. The topological polar surface area (TPSA) is 21.7 Å². The average Bonchev–Trinajstić information content (AvgIpc) is 3.91. The van der Waals surface area contributed by atoms with Crippen LogP contribution in [0.5, 0.6) is 23.0 Å². The summed E-state index contributed by atoms with van der Waals surface area (Å²) < 4.78 is 13.5. The van der Waals surface area contributed by atoms with Crippen molar-refractivity contribution in [2.24, 2.45) is 5.92 Å². The lowest BCUT2D eigenvalue weighted by Gasteiger charge is -2.39. The summed E-state index contributed by atoms with van der Waals surface area (Å²) >= 11 is 0. The second-order valence-electron chi connectivity index (χ2n) is 17.5. The van der Waals surface area contributed by atoms with Crippen molar-refractivity contribution in [1.82, 2.24) is 0 Å². The summed E-state index contributed by atoms with van der Waals surface area (Å²) in [6.07, 6.45) is 11.0. The first-order valence-electron chi connectivity index (χ1n) is 22.6. The largest absolute Gasteiger partial charge is 0.449 e. The van der Waals surface area contributed by atoms with E-state index in [1.165, 1.54) is 61.2 Å². The minimum atomic E-state index is -0.326. The van der Waals surface area contributed by atoms with Crippen LogP contribution in [-0.4, -0.2) is 0 Å². The van der Waals surface area contributed by atoms with E-state index in [4.69, 9.17) is 9.47 Å². The number of nitrogens with zero attached hydrogens (tertiary/aromatic N) is 1. The highest BCUT2D eigenvalue weighted by molar-refractivity contribution is 5.89. The summed E-state index contributed by atoms with van der Waals surface area (Å²) in [6, 6.07) is 74.9. The average molecular weight is 834 g/mol. The van der Waals surface area contributed by atoms with E-state index in [9.17, 15) is 0 Å². The Morgan fingerprint density at radius 2 is 1.11 bits per heavy atom. The van der Waals surface area contributed by atoms with Gasteiger partial charge in [0.1, 0.15) is 0 Å². The van der Waals surface area contributed by atoms with Crippen LogP contribution in [0.15, 0.2) is 231 Å². The number of anilines is 3. The Morgan fingerprint density at radius 1 is 0.431 bits per heavy atom. The maximum atomic E-state index is 6.90. The Bertz CT molecular complexity index is 3390. The number of benzene rings is 9. The number of allylic oxidation sites excluding steroid dienone is 4. The van der Waals surface area contributed by atoms with Gasteiger partial charge in [-0.25, -0.2) is 0 Å². The minimum absolute atomic E-state index is 0.270. The molecular weight excluding hydrogens is 791 g/mol. The Balaban J connectivity index is 0.916. The normalized spacial score (nSPS) is 16.8. The predicted octanol–water partition coefficient (Wildman–Crippen LogP) is 16.4. The van der Waals surface area contributed by atoms with Crippen LogP contribution in [0.2, 0.25) is 0 Å². The third-order valence-electron chi connectivity index (χ3n) is 14.0. The van der Waals surface area contributed by atoms with Crippen molar-refractivity contribution in [2.75, 3.05) is 4.90 Å². The predicted molar refractivity (Wildman–Crippen MR) is 265 cm³/mol. The molecule has 9 aromatic carbocycles. The molecule has 2 unspecified atom stereocenters. The third-order valence-corrected chi connectivity index (χ3v) is 14.0. The molecule has 0 aromatic heterocycles. The van der Waals surface area contributed by atoms with Crippen LogP contribution in [-0.2, 0) is 11.8 Å². The third kappa shape index (κ3) is 5.96. The van der Waals surface area contributed by atoms with Crippen LogP contribution < -0.4 is 14.4 Å². The summed E-state index contributed by atoms with van der Waals surface area (Å²) in [4.78, 5) is 2.32. The molecule has 9 aromatic rings. The van der Waals surface area contributed by atoms with Gasteiger partial charge in [-0.15, -0.1) is 0 Å². The Morgan fingerprint density at radius 3 is 1.95 bits per heavy atom. The van der Waals surface area contributed by atoms with E-state index >= 15 is 0 Å². The zero-order chi connectivity index (χ0) is 42.9. The lowest BCUT2D eigenvalue weighted by Crippen LogP contribution is -2.35. The van der Waals surface area contributed by atoms with Gasteiger partial charge >= 0.3 is 0 Å². The van der Waals surface area contributed by atoms with E-state index < -0.39 is 0 Å². The van der Waals surface area contributed by atoms with Gasteiger partial charge < -0.3 is 14.4 Å². The fourth-order valence-electron chi connectivity index (χ4n) is 11.1. The van der Waals surface area contributed by atoms with Crippen molar-refractivity contribution in [2.45, 2.75) is 18.3 Å². The minimum Gasteiger partial charge on any atom is -0.449 e. The van der Waals surface area contributed by atoms with E-state index in [2.05, 4.69) is 223 Å². The van der Waals surface area contributed by atoms with Gasteiger partial charge in [-0.05, 0) is 134 Å². The van der Waals surface area contributed by atoms with Gasteiger partial charge in [-0.1, -0.05) is 176 Å². The maximum absolute atomic E-state index is 6.90. The van der Waals surface area contributed by atoms with Gasteiger partial charge in [0.15, 0.2) is 23.0 Å². The van der Waals surface area contributed by atoms with Gasteiger partial charge in [0, 0.05) is 23.0 Å². The molecule has 0 N–H and O–H groups in total. The van der Waals surface area contributed by atoms with E-state index in [-0.39, 0.29) is 11.3 Å². The van der Waals surface area contributed by atoms with Gasteiger partial charge in [0.05, 0.1) is 11.1 Å². The van der Waals surface area contributed by atoms with Crippen molar-refractivity contribution >= 4 is 17.1 Å². The van der Waals surface area contributed by atoms with Crippen LogP contribution in [0, 0.1) is 5.92 Å². The van der Waals surface area contributed by atoms with Crippen molar-refractivity contribution in [3.05, 3.63) is 258 Å². The first-order chi connectivity index (χ1) is 32.2. The zero-order valence-electron chi connectivity index (χ0n) is 35.7. The summed E-state index contributed by atoms with van der Waals surface area (Å²) in [5, 5.41) is 0. The summed E-state index contributed by atoms with van der Waals surface area (Å²) in [7, 11) is 0. The van der Waals surface area contributed by atoms with Gasteiger partial charge in [-0.3, -0.25) is 0 Å². The fourth-order valence-corrected chi connectivity index (χ4v) is 11.1. The Kier molecular flexibility index (Phi) is 8.64. The molecule has 0 bridgehead atoms. The molecular formula is C62H43NO2. The smallest absolute Gasteiger partial charge is 0.178 e. The first kappa shape index (κ1) is 37.4. The number of rotatable bonds is 7. The molecule has 0 fully saturated rings. The second-order valence-corrected chi connectivity index (χ2v) is 17.5. The molecule has 4 aliphatic rings. The Labute approximate surface area is 379 Å². The highest BCUT2D eigenvalue weighted by atomic mass is 16.6. The number of fused-ring (bicyclic) bond motifs is 9. The fraction of sp³-hybridized carbons (Fsp3) is 0.0645. The van der Waals surface area contributed by atoms with E-state index in [0.717, 1.165) is 52.5 Å². The van der Waals surface area contributed by atoms with Crippen molar-refractivity contribution in [1.29, 1.82) is 0 Å².